The molecular formula is C28H36FN3O3. The lowest BCUT2D eigenvalue weighted by molar-refractivity contribution is 0.00609. The Morgan fingerprint density at radius 2 is 1.80 bits per heavy atom. The zero-order valence-corrected chi connectivity index (χ0v) is 20.9. The first-order valence-corrected chi connectivity index (χ1v) is 12.4. The van der Waals surface area contributed by atoms with E-state index in [4.69, 9.17) is 14.6 Å². The van der Waals surface area contributed by atoms with Crippen LogP contribution in [-0.4, -0.2) is 52.2 Å². The van der Waals surface area contributed by atoms with E-state index in [-0.39, 0.29) is 5.75 Å². The third-order valence-electron chi connectivity index (χ3n) is 6.01. The Bertz CT molecular complexity index is 1080. The Labute approximate surface area is 207 Å². The quantitative estimate of drug-likeness (QED) is 0.356. The molecule has 2 aromatic carbocycles. The van der Waals surface area contributed by atoms with Crippen molar-refractivity contribution in [1.82, 2.24) is 14.7 Å². The Morgan fingerprint density at radius 1 is 1.09 bits per heavy atom. The highest BCUT2D eigenvalue weighted by Crippen LogP contribution is 2.34. The second-order valence-corrected chi connectivity index (χ2v) is 9.87. The number of rotatable bonds is 13. The number of ether oxygens (including phenoxy) is 2. The number of aliphatic hydroxyl groups excluding tert-OH is 1. The van der Waals surface area contributed by atoms with Gasteiger partial charge >= 0.3 is 0 Å². The van der Waals surface area contributed by atoms with Gasteiger partial charge in [0.1, 0.15) is 0 Å². The Kier molecular flexibility index (Phi) is 8.55. The van der Waals surface area contributed by atoms with Crippen molar-refractivity contribution in [2.75, 3.05) is 26.3 Å². The van der Waals surface area contributed by atoms with Gasteiger partial charge in [0.05, 0.1) is 29.7 Å². The van der Waals surface area contributed by atoms with E-state index >= 15 is 0 Å². The van der Waals surface area contributed by atoms with Crippen LogP contribution in [0.25, 0.3) is 5.69 Å². The van der Waals surface area contributed by atoms with Crippen LogP contribution in [-0.2, 0) is 11.3 Å². The average Bonchev–Trinajstić information content (AvgIpc) is 3.59. The molecule has 1 aromatic heterocycles. The fourth-order valence-electron chi connectivity index (χ4n) is 4.08. The zero-order valence-electron chi connectivity index (χ0n) is 20.9. The Hall–Kier alpha value is -2.74. The summed E-state index contributed by atoms with van der Waals surface area (Å²) < 4.78 is 28.1. The number of nitrogens with zero attached hydrogens (tertiary/aromatic N) is 3. The summed E-state index contributed by atoms with van der Waals surface area (Å²) in [6, 6.07) is 16.1. The second-order valence-electron chi connectivity index (χ2n) is 9.87. The fraction of sp³-hybridized carbons (Fsp3) is 0.464. The van der Waals surface area contributed by atoms with Crippen LogP contribution in [0.15, 0.2) is 54.6 Å². The Balaban J connectivity index is 1.61. The molecule has 7 heteroatoms. The summed E-state index contributed by atoms with van der Waals surface area (Å²) in [5.41, 5.74) is 2.53. The number of aryl methyl sites for hydroxylation is 1. The van der Waals surface area contributed by atoms with Crippen molar-refractivity contribution in [3.05, 3.63) is 71.7 Å². The maximum atomic E-state index is 14.5. The van der Waals surface area contributed by atoms with Crippen molar-refractivity contribution in [1.29, 1.82) is 0 Å². The molecule has 1 unspecified atom stereocenters. The minimum absolute atomic E-state index is 0.154. The molecule has 1 aliphatic carbocycles. The second kappa shape index (κ2) is 11.8. The van der Waals surface area contributed by atoms with Gasteiger partial charge in [0.25, 0.3) is 0 Å². The number of hydrogen-bond acceptors (Lipinski definition) is 5. The molecule has 0 spiro atoms. The van der Waals surface area contributed by atoms with Crippen LogP contribution < -0.4 is 4.74 Å². The van der Waals surface area contributed by atoms with E-state index in [1.807, 2.05) is 37.3 Å². The first kappa shape index (κ1) is 25.4. The molecule has 0 saturated heterocycles. The number of para-hydroxylation sites is 2. The van der Waals surface area contributed by atoms with Crippen LogP contribution >= 0.6 is 0 Å². The molecule has 188 valence electrons. The summed E-state index contributed by atoms with van der Waals surface area (Å²) in [5.74, 6) is 1.28. The van der Waals surface area contributed by atoms with Gasteiger partial charge in [-0.15, -0.1) is 0 Å². The highest BCUT2D eigenvalue weighted by Gasteiger charge is 2.28. The number of benzene rings is 2. The molecule has 0 aliphatic heterocycles. The van der Waals surface area contributed by atoms with E-state index in [9.17, 15) is 9.50 Å². The molecular weight excluding hydrogens is 445 g/mol. The number of hydrogen-bond donors (Lipinski definition) is 1. The summed E-state index contributed by atoms with van der Waals surface area (Å²) in [7, 11) is 0. The highest BCUT2D eigenvalue weighted by atomic mass is 19.1. The van der Waals surface area contributed by atoms with Gasteiger partial charge in [-0.1, -0.05) is 44.2 Å². The van der Waals surface area contributed by atoms with E-state index < -0.39 is 11.9 Å². The summed E-state index contributed by atoms with van der Waals surface area (Å²) >= 11 is 0. The SMILES string of the molecule is Cc1nn(-c2ccccc2)c(Oc2ccccc2F)c1CN(CC(O)COCC(C)C)CC1CC1. The minimum Gasteiger partial charge on any atom is -0.435 e. The molecule has 1 saturated carbocycles. The lowest BCUT2D eigenvalue weighted by Crippen LogP contribution is -2.36. The molecule has 6 nitrogen and oxygen atoms in total. The molecule has 1 heterocycles. The lowest BCUT2D eigenvalue weighted by Gasteiger charge is -2.25. The van der Waals surface area contributed by atoms with E-state index in [0.29, 0.717) is 44.0 Å². The normalized spacial score (nSPS) is 14.6. The van der Waals surface area contributed by atoms with Crippen LogP contribution in [0.2, 0.25) is 0 Å². The molecule has 0 radical (unpaired) electrons. The van der Waals surface area contributed by atoms with E-state index in [1.54, 1.807) is 22.9 Å². The van der Waals surface area contributed by atoms with Gasteiger partial charge in [-0.05, 0) is 55.9 Å². The summed E-state index contributed by atoms with van der Waals surface area (Å²) in [6.07, 6.45) is 1.82. The monoisotopic (exact) mass is 481 g/mol. The highest BCUT2D eigenvalue weighted by molar-refractivity contribution is 5.43. The van der Waals surface area contributed by atoms with Gasteiger partial charge in [-0.2, -0.15) is 5.10 Å². The average molecular weight is 482 g/mol. The number of aliphatic hydroxyl groups is 1. The zero-order chi connectivity index (χ0) is 24.8. The molecule has 4 rings (SSSR count). The maximum absolute atomic E-state index is 14.5. The van der Waals surface area contributed by atoms with Gasteiger partial charge in [0.15, 0.2) is 11.6 Å². The number of halogens is 1. The molecule has 0 bridgehead atoms. The van der Waals surface area contributed by atoms with Crippen molar-refractivity contribution in [2.24, 2.45) is 11.8 Å². The van der Waals surface area contributed by atoms with Gasteiger partial charge < -0.3 is 14.6 Å². The summed E-state index contributed by atoms with van der Waals surface area (Å²) in [4.78, 5) is 2.24. The molecule has 0 amide bonds. The molecule has 3 aromatic rings. The van der Waals surface area contributed by atoms with Crippen molar-refractivity contribution in [3.63, 3.8) is 0 Å². The molecule has 1 N–H and O–H groups in total. The fourth-order valence-corrected chi connectivity index (χ4v) is 4.08. The van der Waals surface area contributed by atoms with Crippen LogP contribution in [0.5, 0.6) is 11.6 Å². The largest absolute Gasteiger partial charge is 0.435 e. The van der Waals surface area contributed by atoms with Gasteiger partial charge in [-0.3, -0.25) is 4.90 Å². The van der Waals surface area contributed by atoms with Gasteiger partial charge in [-0.25, -0.2) is 9.07 Å². The molecule has 1 atom stereocenters. The molecule has 1 aliphatic rings. The number of aromatic nitrogens is 2. The van der Waals surface area contributed by atoms with Crippen molar-refractivity contribution < 1.29 is 19.0 Å². The third kappa shape index (κ3) is 7.13. The topological polar surface area (TPSA) is 59.8 Å². The third-order valence-corrected chi connectivity index (χ3v) is 6.01. The van der Waals surface area contributed by atoms with Crippen LogP contribution in [0, 0.1) is 24.6 Å². The standard InChI is InChI=1S/C28H36FN3O3/c1-20(2)18-34-19-24(33)16-31(15-22-13-14-22)17-25-21(3)30-32(23-9-5-4-6-10-23)28(25)35-27-12-8-7-11-26(27)29/h4-12,20,22,24,33H,13-19H2,1-3H3. The predicted molar refractivity (Wildman–Crippen MR) is 134 cm³/mol. The maximum Gasteiger partial charge on any atom is 0.227 e. The van der Waals surface area contributed by atoms with Gasteiger partial charge in [0.2, 0.25) is 5.88 Å². The van der Waals surface area contributed by atoms with Crippen molar-refractivity contribution in [3.8, 4) is 17.3 Å². The first-order valence-electron chi connectivity index (χ1n) is 12.4. The van der Waals surface area contributed by atoms with Gasteiger partial charge in [0, 0.05) is 26.2 Å². The Morgan fingerprint density at radius 3 is 2.49 bits per heavy atom. The van der Waals surface area contributed by atoms with E-state index in [0.717, 1.165) is 23.5 Å². The smallest absolute Gasteiger partial charge is 0.227 e. The summed E-state index contributed by atoms with van der Waals surface area (Å²) in [5, 5.41) is 15.4. The molecule has 1 fully saturated rings. The minimum atomic E-state index is -0.590. The van der Waals surface area contributed by atoms with E-state index in [1.165, 1.54) is 18.9 Å². The lowest BCUT2D eigenvalue weighted by atomic mass is 10.2. The van der Waals surface area contributed by atoms with Crippen molar-refractivity contribution in [2.45, 2.75) is 46.3 Å². The predicted octanol–water partition coefficient (Wildman–Crippen LogP) is 5.36. The van der Waals surface area contributed by atoms with Crippen LogP contribution in [0.4, 0.5) is 4.39 Å². The summed E-state index contributed by atoms with van der Waals surface area (Å²) in [6.45, 7) is 8.98. The first-order chi connectivity index (χ1) is 16.9. The van der Waals surface area contributed by atoms with Crippen LogP contribution in [0.1, 0.15) is 37.9 Å². The van der Waals surface area contributed by atoms with Crippen LogP contribution in [0.3, 0.4) is 0 Å². The van der Waals surface area contributed by atoms with Crippen molar-refractivity contribution >= 4 is 0 Å². The van der Waals surface area contributed by atoms with E-state index in [2.05, 4.69) is 18.7 Å². The molecule has 35 heavy (non-hydrogen) atoms.